The van der Waals surface area contributed by atoms with Gasteiger partial charge >= 0.3 is 6.55 Å². The Bertz CT molecular complexity index is 1650. The van der Waals surface area contributed by atoms with Gasteiger partial charge in [0.25, 0.3) is 17.4 Å². The summed E-state index contributed by atoms with van der Waals surface area (Å²) in [5.74, 6) is -3.31. The van der Waals surface area contributed by atoms with Crippen molar-refractivity contribution in [2.45, 2.75) is 25.2 Å². The predicted molar refractivity (Wildman–Crippen MR) is 129 cm³/mol. The number of morpholine rings is 1. The molecule has 0 aliphatic carbocycles. The molecular formula is C23H20F3N7O6. The van der Waals surface area contributed by atoms with E-state index in [1.165, 1.54) is 12.1 Å². The number of nitrogens with two attached hydrogens (primary N) is 1. The van der Waals surface area contributed by atoms with E-state index in [4.69, 9.17) is 15.0 Å². The van der Waals surface area contributed by atoms with E-state index >= 15 is 0 Å². The standard InChI is InChI=1S/C23H20F3N7O6/c1-23(37,21(36)28-11-2-4-13-15(8-11)39-30-18(13)27)17-20(35)31(6-7-38-17)19-14(24)10-33(29-19)12-3-5-16(34)32(9-12)22(25)26/h2-5,8-10,17,22,37H,6-7H2,1H3,(H2,27,30)(H,28,36)/t17-,23?/m0/s1. The molecule has 1 aliphatic heterocycles. The van der Waals surface area contributed by atoms with Crippen LogP contribution in [0.5, 0.6) is 0 Å². The van der Waals surface area contributed by atoms with Gasteiger partial charge in [0.05, 0.1) is 30.4 Å². The van der Waals surface area contributed by atoms with Crippen molar-refractivity contribution in [3.63, 3.8) is 0 Å². The number of pyridine rings is 1. The lowest BCUT2D eigenvalue weighted by molar-refractivity contribution is -0.165. The first-order chi connectivity index (χ1) is 18.5. The van der Waals surface area contributed by atoms with Crippen LogP contribution in [0.15, 0.2) is 52.0 Å². The van der Waals surface area contributed by atoms with Gasteiger partial charge in [-0.1, -0.05) is 5.16 Å². The molecule has 1 aromatic carbocycles. The fourth-order valence-electron chi connectivity index (χ4n) is 4.05. The molecule has 5 rings (SSSR count). The molecule has 13 nitrogen and oxygen atoms in total. The zero-order valence-electron chi connectivity index (χ0n) is 20.0. The third kappa shape index (κ3) is 4.59. The Hall–Kier alpha value is -4.70. The molecule has 1 saturated heterocycles. The van der Waals surface area contributed by atoms with E-state index in [0.29, 0.717) is 5.39 Å². The van der Waals surface area contributed by atoms with E-state index in [9.17, 15) is 32.7 Å². The average Bonchev–Trinajstić information content (AvgIpc) is 3.46. The summed E-state index contributed by atoms with van der Waals surface area (Å²) >= 11 is 0. The van der Waals surface area contributed by atoms with Crippen molar-refractivity contribution in [3.05, 3.63) is 58.9 Å². The van der Waals surface area contributed by atoms with Crippen LogP contribution < -0.4 is 21.5 Å². The maximum Gasteiger partial charge on any atom is 0.321 e. The second-order valence-electron chi connectivity index (χ2n) is 8.78. The van der Waals surface area contributed by atoms with E-state index in [-0.39, 0.29) is 40.5 Å². The van der Waals surface area contributed by atoms with Gasteiger partial charge in [0.1, 0.15) is 0 Å². The summed E-state index contributed by atoms with van der Waals surface area (Å²) in [5, 5.41) is 21.6. The number of hydrogen-bond donors (Lipinski definition) is 3. The van der Waals surface area contributed by atoms with Crippen LogP contribution in [-0.2, 0) is 14.3 Å². The molecule has 1 aliphatic rings. The summed E-state index contributed by atoms with van der Waals surface area (Å²) < 4.78 is 52.6. The van der Waals surface area contributed by atoms with Crippen molar-refractivity contribution >= 4 is 40.1 Å². The summed E-state index contributed by atoms with van der Waals surface area (Å²) in [6.07, 6.45) is -0.131. The van der Waals surface area contributed by atoms with E-state index in [0.717, 1.165) is 41.0 Å². The molecule has 4 heterocycles. The lowest BCUT2D eigenvalue weighted by Crippen LogP contribution is -2.61. The van der Waals surface area contributed by atoms with Gasteiger partial charge in [-0.25, -0.2) is 9.07 Å². The number of rotatable bonds is 6. The number of ether oxygens (including phenoxy) is 1. The number of hydrogen-bond acceptors (Lipinski definition) is 9. The van der Waals surface area contributed by atoms with Crippen molar-refractivity contribution in [3.8, 4) is 5.69 Å². The number of anilines is 3. The second kappa shape index (κ2) is 9.55. The Morgan fingerprint density at radius 3 is 2.77 bits per heavy atom. The molecule has 0 saturated carbocycles. The number of aliphatic hydroxyl groups is 1. The largest absolute Gasteiger partial charge is 0.380 e. The highest BCUT2D eigenvalue weighted by Crippen LogP contribution is 2.28. The molecule has 1 fully saturated rings. The topological polar surface area (TPSA) is 171 Å². The highest BCUT2D eigenvalue weighted by atomic mass is 19.3. The number of carbonyl (C=O) groups excluding carboxylic acids is 2. The van der Waals surface area contributed by atoms with Crippen LogP contribution in [0.1, 0.15) is 13.5 Å². The Morgan fingerprint density at radius 2 is 2.03 bits per heavy atom. The second-order valence-corrected chi connectivity index (χ2v) is 8.78. The smallest absolute Gasteiger partial charge is 0.321 e. The van der Waals surface area contributed by atoms with Gasteiger partial charge in [0.2, 0.25) is 0 Å². The Labute approximate surface area is 216 Å². The minimum Gasteiger partial charge on any atom is -0.380 e. The van der Waals surface area contributed by atoms with Crippen molar-refractivity contribution in [1.82, 2.24) is 19.5 Å². The fraction of sp³-hybridized carbons (Fsp3) is 0.261. The number of alkyl halides is 2. The molecule has 0 spiro atoms. The van der Waals surface area contributed by atoms with Gasteiger partial charge in [0.15, 0.2) is 34.7 Å². The highest BCUT2D eigenvalue weighted by Gasteiger charge is 2.49. The summed E-state index contributed by atoms with van der Waals surface area (Å²) in [6, 6.07) is 6.46. The Kier molecular flexibility index (Phi) is 6.35. The molecular weight excluding hydrogens is 527 g/mol. The molecule has 204 valence electrons. The number of nitrogens with zero attached hydrogens (tertiary/aromatic N) is 5. The quantitative estimate of drug-likeness (QED) is 0.323. The average molecular weight is 547 g/mol. The Morgan fingerprint density at radius 1 is 1.26 bits per heavy atom. The molecule has 0 radical (unpaired) electrons. The van der Waals surface area contributed by atoms with Crippen molar-refractivity contribution in [2.75, 3.05) is 29.1 Å². The molecule has 1 unspecified atom stereocenters. The zero-order chi connectivity index (χ0) is 28.1. The van der Waals surface area contributed by atoms with Crippen LogP contribution in [0.25, 0.3) is 16.7 Å². The maximum absolute atomic E-state index is 14.9. The van der Waals surface area contributed by atoms with Crippen LogP contribution in [0.4, 0.5) is 30.5 Å². The van der Waals surface area contributed by atoms with Crippen LogP contribution in [-0.4, -0.2) is 61.3 Å². The molecule has 4 aromatic rings. The van der Waals surface area contributed by atoms with Gasteiger partial charge in [-0.2, -0.15) is 8.78 Å². The van der Waals surface area contributed by atoms with E-state index in [2.05, 4.69) is 15.6 Å². The van der Waals surface area contributed by atoms with Crippen molar-refractivity contribution in [1.29, 1.82) is 0 Å². The van der Waals surface area contributed by atoms with Gasteiger partial charge in [-0.15, -0.1) is 5.10 Å². The zero-order valence-corrected chi connectivity index (χ0v) is 20.0. The molecule has 2 amide bonds. The molecule has 0 bridgehead atoms. The fourth-order valence-corrected chi connectivity index (χ4v) is 4.05. The lowest BCUT2D eigenvalue weighted by Gasteiger charge is -2.37. The summed E-state index contributed by atoms with van der Waals surface area (Å²) in [6.45, 7) is -2.45. The third-order valence-electron chi connectivity index (χ3n) is 6.12. The van der Waals surface area contributed by atoms with Crippen molar-refractivity contribution < 1.29 is 37.1 Å². The van der Waals surface area contributed by atoms with Gasteiger partial charge in [0, 0.05) is 24.0 Å². The first kappa shape index (κ1) is 25.9. The molecule has 16 heteroatoms. The van der Waals surface area contributed by atoms with Crippen LogP contribution >= 0.6 is 0 Å². The van der Waals surface area contributed by atoms with E-state index in [1.807, 2.05) is 0 Å². The number of aromatic nitrogens is 4. The van der Waals surface area contributed by atoms with Crippen molar-refractivity contribution in [2.24, 2.45) is 0 Å². The van der Waals surface area contributed by atoms with Gasteiger partial charge in [-0.05, 0) is 25.1 Å². The first-order valence-corrected chi connectivity index (χ1v) is 11.3. The number of benzene rings is 1. The number of halogens is 3. The minimum atomic E-state index is -3.14. The maximum atomic E-state index is 14.9. The highest BCUT2D eigenvalue weighted by molar-refractivity contribution is 6.06. The van der Waals surface area contributed by atoms with Crippen LogP contribution in [0.3, 0.4) is 0 Å². The summed E-state index contributed by atoms with van der Waals surface area (Å²) in [7, 11) is 0. The van der Waals surface area contributed by atoms with Crippen LogP contribution in [0.2, 0.25) is 0 Å². The molecule has 39 heavy (non-hydrogen) atoms. The SMILES string of the molecule is CC(O)(C(=O)Nc1ccc2c(N)noc2c1)[C@H]1OCCN(c2nn(-c3ccc(=O)n(C(F)F)c3)cc2F)C1=O. The Balaban J connectivity index is 1.38. The molecule has 2 atom stereocenters. The molecule has 4 N–H and O–H groups in total. The normalized spacial score (nSPS) is 17.5. The first-order valence-electron chi connectivity index (χ1n) is 11.3. The van der Waals surface area contributed by atoms with E-state index < -0.39 is 47.3 Å². The number of fused-ring (bicyclic) bond motifs is 1. The van der Waals surface area contributed by atoms with Gasteiger partial charge in [-0.3, -0.25) is 23.9 Å². The number of nitrogen functional groups attached to an aromatic ring is 1. The van der Waals surface area contributed by atoms with Gasteiger partial charge < -0.3 is 25.4 Å². The minimum absolute atomic E-state index is 0.0748. The summed E-state index contributed by atoms with van der Waals surface area (Å²) in [4.78, 5) is 38.7. The predicted octanol–water partition coefficient (Wildman–Crippen LogP) is 1.41. The molecule has 3 aromatic heterocycles. The number of nitrogens with one attached hydrogen (secondary N) is 1. The lowest BCUT2D eigenvalue weighted by atomic mass is 9.95. The summed E-state index contributed by atoms with van der Waals surface area (Å²) in [5.41, 5.74) is 2.69. The van der Waals surface area contributed by atoms with Crippen LogP contribution in [0, 0.1) is 5.82 Å². The monoisotopic (exact) mass is 547 g/mol. The third-order valence-corrected chi connectivity index (χ3v) is 6.12. The number of amides is 2. The van der Waals surface area contributed by atoms with E-state index in [1.54, 1.807) is 6.07 Å². The number of carbonyl (C=O) groups is 2.